The number of rotatable bonds is 10. The molecule has 3 N–H and O–H groups in total. The van der Waals surface area contributed by atoms with Crippen molar-refractivity contribution in [3.63, 3.8) is 0 Å². The van der Waals surface area contributed by atoms with Gasteiger partial charge in [0.15, 0.2) is 0 Å². The Hall–Kier alpha value is -4.91. The van der Waals surface area contributed by atoms with Gasteiger partial charge < -0.3 is 20.9 Å². The van der Waals surface area contributed by atoms with Gasteiger partial charge in [0.1, 0.15) is 0 Å². The van der Waals surface area contributed by atoms with Crippen LogP contribution >= 0.6 is 0 Å². The second-order valence-corrected chi connectivity index (χ2v) is 8.61. The number of amides is 3. The normalized spacial score (nSPS) is 10.3. The van der Waals surface area contributed by atoms with Crippen LogP contribution in [0.5, 0.6) is 0 Å². The van der Waals surface area contributed by atoms with Gasteiger partial charge in [0.25, 0.3) is 11.8 Å². The average Bonchev–Trinajstić information content (AvgIpc) is 2.97. The fraction of sp³-hybridized carbons (Fsp3) is 0.129. The summed E-state index contributed by atoms with van der Waals surface area (Å²) in [6.45, 7) is 3.00. The number of carbonyl (C=O) groups is 3. The first-order chi connectivity index (χ1) is 18.5. The Morgan fingerprint density at radius 2 is 1.26 bits per heavy atom. The standard InChI is InChI=1S/C31H30N4O3/c1-2-35(28-11-7-4-8-12-28)31(38)25-15-17-26(18-16-25)32-22-29(36)34-27-19-13-24(14-20-27)30(37)33-21-23-9-5-3-6-10-23/h3-20,32H,2,21-22H2,1H3,(H,33,37)(H,34,36). The summed E-state index contributed by atoms with van der Waals surface area (Å²) in [5.41, 5.74) is 4.27. The quantitative estimate of drug-likeness (QED) is 0.271. The SMILES string of the molecule is CCN(C(=O)c1ccc(NCC(=O)Nc2ccc(C(=O)NCc3ccccc3)cc2)cc1)c1ccccc1. The summed E-state index contributed by atoms with van der Waals surface area (Å²) in [7, 11) is 0. The van der Waals surface area contributed by atoms with E-state index in [0.29, 0.717) is 29.9 Å². The topological polar surface area (TPSA) is 90.5 Å². The van der Waals surface area contributed by atoms with Crippen LogP contribution in [0.3, 0.4) is 0 Å². The lowest BCUT2D eigenvalue weighted by Crippen LogP contribution is -2.30. The maximum atomic E-state index is 12.9. The number of carbonyl (C=O) groups excluding carboxylic acids is 3. The first-order valence-corrected chi connectivity index (χ1v) is 12.5. The summed E-state index contributed by atoms with van der Waals surface area (Å²) in [4.78, 5) is 39.4. The van der Waals surface area contributed by atoms with E-state index in [4.69, 9.17) is 0 Å². The van der Waals surface area contributed by atoms with Crippen molar-refractivity contribution < 1.29 is 14.4 Å². The third-order valence-corrected chi connectivity index (χ3v) is 5.94. The highest BCUT2D eigenvalue weighted by atomic mass is 16.2. The fourth-order valence-electron chi connectivity index (χ4n) is 3.91. The highest BCUT2D eigenvalue weighted by Crippen LogP contribution is 2.18. The van der Waals surface area contributed by atoms with Gasteiger partial charge in [0.2, 0.25) is 5.91 Å². The van der Waals surface area contributed by atoms with Gasteiger partial charge in [-0.05, 0) is 73.2 Å². The molecule has 0 fully saturated rings. The van der Waals surface area contributed by atoms with Crippen molar-refractivity contribution >= 4 is 34.8 Å². The minimum absolute atomic E-state index is 0.0533. The molecule has 3 amide bonds. The molecule has 0 bridgehead atoms. The van der Waals surface area contributed by atoms with Gasteiger partial charge in [-0.3, -0.25) is 14.4 Å². The highest BCUT2D eigenvalue weighted by Gasteiger charge is 2.16. The first kappa shape index (κ1) is 26.2. The van der Waals surface area contributed by atoms with Crippen LogP contribution < -0.4 is 20.9 Å². The van der Waals surface area contributed by atoms with Gasteiger partial charge >= 0.3 is 0 Å². The van der Waals surface area contributed by atoms with E-state index in [9.17, 15) is 14.4 Å². The largest absolute Gasteiger partial charge is 0.376 e. The molecule has 7 heteroatoms. The Bertz CT molecular complexity index is 1360. The number of hydrogen-bond acceptors (Lipinski definition) is 4. The number of para-hydroxylation sites is 1. The van der Waals surface area contributed by atoms with Crippen LogP contribution in [-0.2, 0) is 11.3 Å². The van der Waals surface area contributed by atoms with Crippen molar-refractivity contribution in [1.82, 2.24) is 5.32 Å². The Morgan fingerprint density at radius 3 is 1.89 bits per heavy atom. The molecule has 0 aliphatic rings. The van der Waals surface area contributed by atoms with E-state index in [1.165, 1.54) is 0 Å². The average molecular weight is 507 g/mol. The molecule has 0 saturated heterocycles. The maximum Gasteiger partial charge on any atom is 0.258 e. The van der Waals surface area contributed by atoms with Gasteiger partial charge in [-0.2, -0.15) is 0 Å². The molecule has 0 saturated carbocycles. The summed E-state index contributed by atoms with van der Waals surface area (Å²) in [5.74, 6) is -0.492. The van der Waals surface area contributed by atoms with Crippen molar-refractivity contribution in [3.8, 4) is 0 Å². The molecule has 0 atom stereocenters. The second-order valence-electron chi connectivity index (χ2n) is 8.61. The monoisotopic (exact) mass is 506 g/mol. The van der Waals surface area contributed by atoms with Gasteiger partial charge in [0.05, 0.1) is 6.54 Å². The first-order valence-electron chi connectivity index (χ1n) is 12.5. The molecule has 0 spiro atoms. The molecular weight excluding hydrogens is 476 g/mol. The molecule has 0 aliphatic carbocycles. The van der Waals surface area contributed by atoms with E-state index in [1.54, 1.807) is 53.4 Å². The predicted molar refractivity (Wildman–Crippen MR) is 151 cm³/mol. The Morgan fingerprint density at radius 1 is 0.684 bits per heavy atom. The molecule has 4 aromatic carbocycles. The smallest absolute Gasteiger partial charge is 0.258 e. The fourth-order valence-corrected chi connectivity index (χ4v) is 3.91. The summed E-state index contributed by atoms with van der Waals surface area (Å²) in [5, 5.41) is 8.76. The molecule has 4 aromatic rings. The van der Waals surface area contributed by atoms with E-state index >= 15 is 0 Å². The summed E-state index contributed by atoms with van der Waals surface area (Å²) in [6, 6.07) is 33.0. The van der Waals surface area contributed by atoms with E-state index in [1.807, 2.05) is 67.6 Å². The van der Waals surface area contributed by atoms with Gasteiger partial charge in [0, 0.05) is 41.3 Å². The Labute approximate surface area is 222 Å². The molecule has 192 valence electrons. The van der Waals surface area contributed by atoms with Crippen LogP contribution in [-0.4, -0.2) is 30.8 Å². The van der Waals surface area contributed by atoms with Gasteiger partial charge in [-0.25, -0.2) is 0 Å². The van der Waals surface area contributed by atoms with E-state index in [0.717, 1.165) is 16.9 Å². The third-order valence-electron chi connectivity index (χ3n) is 5.94. The van der Waals surface area contributed by atoms with Crippen LogP contribution in [0, 0.1) is 0 Å². The van der Waals surface area contributed by atoms with Crippen molar-refractivity contribution in [2.75, 3.05) is 28.6 Å². The maximum absolute atomic E-state index is 12.9. The third kappa shape index (κ3) is 7.07. The lowest BCUT2D eigenvalue weighted by molar-refractivity contribution is -0.114. The van der Waals surface area contributed by atoms with E-state index < -0.39 is 0 Å². The molecule has 38 heavy (non-hydrogen) atoms. The molecule has 0 unspecified atom stereocenters. The zero-order valence-corrected chi connectivity index (χ0v) is 21.2. The lowest BCUT2D eigenvalue weighted by atomic mass is 10.1. The highest BCUT2D eigenvalue weighted by molar-refractivity contribution is 6.06. The Kier molecular flexibility index (Phi) is 8.86. The van der Waals surface area contributed by atoms with Crippen LogP contribution in [0.2, 0.25) is 0 Å². The molecular formula is C31H30N4O3. The second kappa shape index (κ2) is 12.9. The molecule has 0 radical (unpaired) electrons. The van der Waals surface area contributed by atoms with E-state index in [2.05, 4.69) is 16.0 Å². The van der Waals surface area contributed by atoms with Crippen molar-refractivity contribution in [3.05, 3.63) is 126 Å². The van der Waals surface area contributed by atoms with Gasteiger partial charge in [-0.15, -0.1) is 0 Å². The lowest BCUT2D eigenvalue weighted by Gasteiger charge is -2.21. The number of hydrogen-bond donors (Lipinski definition) is 3. The predicted octanol–water partition coefficient (Wildman–Crippen LogP) is 5.33. The number of benzene rings is 4. The van der Waals surface area contributed by atoms with Crippen LogP contribution in [0.25, 0.3) is 0 Å². The van der Waals surface area contributed by atoms with E-state index in [-0.39, 0.29) is 24.3 Å². The minimum atomic E-state index is -0.229. The zero-order chi connectivity index (χ0) is 26.7. The number of anilines is 3. The molecule has 4 rings (SSSR count). The zero-order valence-electron chi connectivity index (χ0n) is 21.2. The van der Waals surface area contributed by atoms with Crippen molar-refractivity contribution in [2.45, 2.75) is 13.5 Å². The summed E-state index contributed by atoms with van der Waals surface area (Å²) in [6.07, 6.45) is 0. The summed E-state index contributed by atoms with van der Waals surface area (Å²) >= 11 is 0. The molecule has 0 aliphatic heterocycles. The molecule has 7 nitrogen and oxygen atoms in total. The summed E-state index contributed by atoms with van der Waals surface area (Å²) < 4.78 is 0. The van der Waals surface area contributed by atoms with Crippen LogP contribution in [0.4, 0.5) is 17.1 Å². The van der Waals surface area contributed by atoms with Crippen molar-refractivity contribution in [2.24, 2.45) is 0 Å². The molecule has 0 heterocycles. The van der Waals surface area contributed by atoms with Gasteiger partial charge in [-0.1, -0.05) is 48.5 Å². The number of nitrogens with one attached hydrogen (secondary N) is 3. The minimum Gasteiger partial charge on any atom is -0.376 e. The van der Waals surface area contributed by atoms with Crippen LogP contribution in [0.1, 0.15) is 33.2 Å². The Balaban J connectivity index is 1.25. The van der Waals surface area contributed by atoms with Crippen LogP contribution in [0.15, 0.2) is 109 Å². The molecule has 0 aromatic heterocycles. The van der Waals surface area contributed by atoms with Crippen molar-refractivity contribution in [1.29, 1.82) is 0 Å². The number of nitrogens with zero attached hydrogens (tertiary/aromatic N) is 1.